The van der Waals surface area contributed by atoms with Crippen LogP contribution in [0.15, 0.2) is 84.9 Å². The standard InChI is InChI=1S/C32H18O6/c33-23-14-22(28-31(37)19-11-3-7-16-8-4-12-20(26(16)19)32(28)38)24(34)13-21(23)27-29(35)17-9-1-5-15-6-2-10-18(25(15)17)30(27)36/h1-14,27-28,33-34H. The van der Waals surface area contributed by atoms with Crippen LogP contribution in [0.3, 0.4) is 0 Å². The number of Topliss-reactive ketones (excluding diaryl/α,β-unsaturated/α-hetero) is 4. The largest absolute Gasteiger partial charge is 0.508 e. The van der Waals surface area contributed by atoms with Crippen molar-refractivity contribution < 1.29 is 29.4 Å². The maximum Gasteiger partial charge on any atom is 0.178 e. The number of ketones is 4. The van der Waals surface area contributed by atoms with Gasteiger partial charge in [0, 0.05) is 44.2 Å². The Morgan fingerprint density at radius 3 is 1.03 bits per heavy atom. The van der Waals surface area contributed by atoms with Crippen LogP contribution in [0, 0.1) is 0 Å². The van der Waals surface area contributed by atoms with Crippen LogP contribution in [-0.2, 0) is 0 Å². The van der Waals surface area contributed by atoms with Crippen LogP contribution in [0.4, 0.5) is 0 Å². The van der Waals surface area contributed by atoms with Crippen molar-refractivity contribution in [1.82, 2.24) is 0 Å². The lowest BCUT2D eigenvalue weighted by atomic mass is 9.74. The fraction of sp³-hybridized carbons (Fsp3) is 0.0625. The monoisotopic (exact) mass is 498 g/mol. The minimum atomic E-state index is -1.37. The number of rotatable bonds is 2. The lowest BCUT2D eigenvalue weighted by Crippen LogP contribution is -2.29. The minimum absolute atomic E-state index is 0.0778. The van der Waals surface area contributed by atoms with Gasteiger partial charge in [-0.15, -0.1) is 0 Å². The summed E-state index contributed by atoms with van der Waals surface area (Å²) in [4.78, 5) is 54.0. The quantitative estimate of drug-likeness (QED) is 0.238. The molecular weight excluding hydrogens is 480 g/mol. The van der Waals surface area contributed by atoms with E-state index in [1.807, 2.05) is 24.3 Å². The topological polar surface area (TPSA) is 109 Å². The Hall–Kier alpha value is -5.10. The highest BCUT2D eigenvalue weighted by Gasteiger charge is 2.41. The van der Waals surface area contributed by atoms with Gasteiger partial charge in [-0.3, -0.25) is 19.2 Å². The molecule has 2 aliphatic rings. The third-order valence-electron chi connectivity index (χ3n) is 7.72. The number of carbonyl (C=O) groups excluding carboxylic acids is 4. The number of hydrogen-bond acceptors (Lipinski definition) is 6. The van der Waals surface area contributed by atoms with E-state index in [4.69, 9.17) is 0 Å². The van der Waals surface area contributed by atoms with Gasteiger partial charge in [-0.05, 0) is 22.9 Å². The van der Waals surface area contributed by atoms with E-state index in [-0.39, 0.29) is 11.1 Å². The molecule has 0 heterocycles. The first-order valence-corrected chi connectivity index (χ1v) is 12.1. The van der Waals surface area contributed by atoms with Crippen molar-refractivity contribution in [3.05, 3.63) is 118 Å². The molecule has 38 heavy (non-hydrogen) atoms. The number of phenols is 2. The molecule has 7 rings (SSSR count). The smallest absolute Gasteiger partial charge is 0.178 e. The highest BCUT2D eigenvalue weighted by molar-refractivity contribution is 6.33. The molecule has 5 aromatic rings. The Bertz CT molecular complexity index is 1690. The maximum absolute atomic E-state index is 13.5. The molecule has 2 aliphatic carbocycles. The van der Waals surface area contributed by atoms with Crippen LogP contribution in [-0.4, -0.2) is 33.3 Å². The van der Waals surface area contributed by atoms with Gasteiger partial charge in [-0.25, -0.2) is 0 Å². The Balaban J connectivity index is 1.36. The van der Waals surface area contributed by atoms with E-state index in [0.717, 1.165) is 22.9 Å². The molecule has 0 amide bonds. The Labute approximate surface area is 215 Å². The second-order valence-corrected chi connectivity index (χ2v) is 9.71. The minimum Gasteiger partial charge on any atom is -0.508 e. The lowest BCUT2D eigenvalue weighted by Gasteiger charge is -2.26. The van der Waals surface area contributed by atoms with Crippen molar-refractivity contribution in [3.8, 4) is 11.5 Å². The van der Waals surface area contributed by atoms with Crippen molar-refractivity contribution in [2.24, 2.45) is 0 Å². The molecule has 0 spiro atoms. The zero-order valence-corrected chi connectivity index (χ0v) is 19.8. The van der Waals surface area contributed by atoms with Crippen molar-refractivity contribution in [2.75, 3.05) is 0 Å². The predicted molar refractivity (Wildman–Crippen MR) is 140 cm³/mol. The molecule has 0 unspecified atom stereocenters. The van der Waals surface area contributed by atoms with Gasteiger partial charge >= 0.3 is 0 Å². The van der Waals surface area contributed by atoms with Gasteiger partial charge in [0.05, 0.1) is 0 Å². The average Bonchev–Trinajstić information content (AvgIpc) is 2.92. The van der Waals surface area contributed by atoms with Crippen molar-refractivity contribution in [3.63, 3.8) is 0 Å². The van der Waals surface area contributed by atoms with Crippen LogP contribution in [0.1, 0.15) is 64.4 Å². The molecular formula is C32H18O6. The predicted octanol–water partition coefficient (Wildman–Crippen LogP) is 5.73. The van der Waals surface area contributed by atoms with Gasteiger partial charge in [0.2, 0.25) is 0 Å². The SMILES string of the molecule is O=C1c2cccc3cccc(c23)C(=O)C1c1cc(O)c(C2C(=O)c3cccc4cccc(c34)C2=O)cc1O. The summed E-state index contributed by atoms with van der Waals surface area (Å²) in [5, 5.41) is 24.8. The average molecular weight is 498 g/mol. The van der Waals surface area contributed by atoms with E-state index >= 15 is 0 Å². The molecule has 0 radical (unpaired) electrons. The van der Waals surface area contributed by atoms with E-state index in [2.05, 4.69) is 0 Å². The molecule has 0 aliphatic heterocycles. The third kappa shape index (κ3) is 2.82. The van der Waals surface area contributed by atoms with Crippen LogP contribution < -0.4 is 0 Å². The van der Waals surface area contributed by atoms with Gasteiger partial charge in [-0.1, -0.05) is 72.8 Å². The summed E-state index contributed by atoms with van der Waals surface area (Å²) < 4.78 is 0. The van der Waals surface area contributed by atoms with Gasteiger partial charge in [0.25, 0.3) is 0 Å². The summed E-state index contributed by atoms with van der Waals surface area (Å²) in [6.07, 6.45) is 0. The molecule has 6 heteroatoms. The first-order valence-electron chi connectivity index (χ1n) is 12.1. The third-order valence-corrected chi connectivity index (χ3v) is 7.72. The molecule has 6 nitrogen and oxygen atoms in total. The van der Waals surface area contributed by atoms with Crippen molar-refractivity contribution >= 4 is 44.7 Å². The number of hydrogen-bond donors (Lipinski definition) is 2. The van der Waals surface area contributed by atoms with E-state index < -0.39 is 46.5 Å². The van der Waals surface area contributed by atoms with Crippen LogP contribution in [0.2, 0.25) is 0 Å². The van der Waals surface area contributed by atoms with E-state index in [1.165, 1.54) is 0 Å². The van der Waals surface area contributed by atoms with E-state index in [0.29, 0.717) is 33.0 Å². The summed E-state index contributed by atoms with van der Waals surface area (Å²) in [5.41, 5.74) is 1.26. The van der Waals surface area contributed by atoms with Gasteiger partial charge < -0.3 is 10.2 Å². The normalized spacial score (nSPS) is 15.6. The Kier molecular flexibility index (Phi) is 4.48. The van der Waals surface area contributed by atoms with Gasteiger partial charge in [0.1, 0.15) is 23.3 Å². The summed E-state index contributed by atoms with van der Waals surface area (Å²) >= 11 is 0. The zero-order chi connectivity index (χ0) is 26.3. The maximum atomic E-state index is 13.5. The van der Waals surface area contributed by atoms with Crippen molar-refractivity contribution in [1.29, 1.82) is 0 Å². The van der Waals surface area contributed by atoms with E-state index in [9.17, 15) is 29.4 Å². The highest BCUT2D eigenvalue weighted by Crippen LogP contribution is 2.45. The molecule has 182 valence electrons. The summed E-state index contributed by atoms with van der Waals surface area (Å²) in [6.45, 7) is 0. The number of phenolic OH excluding ortho intramolecular Hbond substituents is 2. The van der Waals surface area contributed by atoms with Crippen molar-refractivity contribution in [2.45, 2.75) is 11.8 Å². The fourth-order valence-electron chi connectivity index (χ4n) is 6.00. The first kappa shape index (κ1) is 22.1. The molecule has 0 saturated carbocycles. The van der Waals surface area contributed by atoms with Gasteiger partial charge in [0.15, 0.2) is 23.1 Å². The van der Waals surface area contributed by atoms with E-state index in [1.54, 1.807) is 48.5 Å². The molecule has 0 bridgehead atoms. The Morgan fingerprint density at radius 1 is 0.447 bits per heavy atom. The second-order valence-electron chi connectivity index (χ2n) is 9.71. The molecule has 0 atom stereocenters. The summed E-state index contributed by atoms with van der Waals surface area (Å²) in [5.74, 6) is -5.62. The van der Waals surface area contributed by atoms with Crippen LogP contribution in [0.5, 0.6) is 11.5 Å². The van der Waals surface area contributed by atoms with Gasteiger partial charge in [-0.2, -0.15) is 0 Å². The first-order chi connectivity index (χ1) is 18.4. The molecule has 5 aromatic carbocycles. The molecule has 2 N–H and O–H groups in total. The Morgan fingerprint density at radius 2 is 0.737 bits per heavy atom. The number of benzene rings is 5. The second kappa shape index (κ2) is 7.70. The highest BCUT2D eigenvalue weighted by atomic mass is 16.3. The molecule has 0 saturated heterocycles. The molecule has 0 fully saturated rings. The van der Waals surface area contributed by atoms with Crippen LogP contribution in [0.25, 0.3) is 21.5 Å². The number of aromatic hydroxyl groups is 2. The fourth-order valence-corrected chi connectivity index (χ4v) is 6.00. The molecule has 0 aromatic heterocycles. The van der Waals surface area contributed by atoms with Crippen LogP contribution >= 0.6 is 0 Å². The lowest BCUT2D eigenvalue weighted by molar-refractivity contribution is 0.0836. The summed E-state index contributed by atoms with van der Waals surface area (Å²) in [7, 11) is 0. The zero-order valence-electron chi connectivity index (χ0n) is 19.8. The summed E-state index contributed by atoms with van der Waals surface area (Å²) in [6, 6.07) is 23.0. The number of carbonyl (C=O) groups is 4.